The first-order chi connectivity index (χ1) is 11.9. The van der Waals surface area contributed by atoms with Crippen molar-refractivity contribution < 1.29 is 17.9 Å². The third kappa shape index (κ3) is 4.13. The average Bonchev–Trinajstić information content (AvgIpc) is 2.92. The van der Waals surface area contributed by atoms with Gasteiger partial charge in [0, 0.05) is 57.8 Å². The Hall–Kier alpha value is -1.65. The van der Waals surface area contributed by atoms with Crippen molar-refractivity contribution in [1.82, 2.24) is 24.3 Å². The first kappa shape index (κ1) is 18.2. The van der Waals surface area contributed by atoms with Crippen molar-refractivity contribution in [3.05, 3.63) is 11.3 Å². The lowest BCUT2D eigenvalue weighted by atomic mass is 10.2. The first-order valence-electron chi connectivity index (χ1n) is 8.52. The van der Waals surface area contributed by atoms with Gasteiger partial charge in [0.05, 0.1) is 12.9 Å². The van der Waals surface area contributed by atoms with E-state index in [0.717, 1.165) is 18.5 Å². The highest BCUT2D eigenvalue weighted by Crippen LogP contribution is 2.24. The van der Waals surface area contributed by atoms with Gasteiger partial charge in [-0.1, -0.05) is 0 Å². The Kier molecular flexibility index (Phi) is 5.30. The number of hydrogen-bond donors (Lipinski definition) is 1. The van der Waals surface area contributed by atoms with Crippen LogP contribution in [0.4, 0.5) is 0 Å². The van der Waals surface area contributed by atoms with E-state index in [4.69, 9.17) is 4.74 Å². The number of rotatable bonds is 5. The van der Waals surface area contributed by atoms with Crippen LogP contribution in [-0.2, 0) is 16.6 Å². The lowest BCUT2D eigenvalue weighted by Crippen LogP contribution is -2.49. The SMILES string of the molecule is Cc1c(C(=O)NCCN2CCN(S(C)(=O)=O)CC2)nn2c1OCCC2. The maximum absolute atomic E-state index is 12.4. The van der Waals surface area contributed by atoms with Crippen molar-refractivity contribution in [2.24, 2.45) is 0 Å². The molecule has 2 aliphatic heterocycles. The van der Waals surface area contributed by atoms with E-state index in [2.05, 4.69) is 15.3 Å². The number of nitrogens with one attached hydrogen (secondary N) is 1. The Balaban J connectivity index is 1.47. The first-order valence-corrected chi connectivity index (χ1v) is 10.4. The molecule has 3 rings (SSSR count). The van der Waals surface area contributed by atoms with E-state index in [9.17, 15) is 13.2 Å². The van der Waals surface area contributed by atoms with E-state index in [1.807, 2.05) is 6.92 Å². The normalized spacial score (nSPS) is 19.3. The summed E-state index contributed by atoms with van der Waals surface area (Å²) < 4.78 is 31.8. The Morgan fingerprint density at radius 3 is 2.60 bits per heavy atom. The molecule has 1 aromatic heterocycles. The van der Waals surface area contributed by atoms with Gasteiger partial charge in [0.15, 0.2) is 5.69 Å². The fourth-order valence-corrected chi connectivity index (χ4v) is 3.99. The van der Waals surface area contributed by atoms with Crippen molar-refractivity contribution in [3.8, 4) is 5.88 Å². The van der Waals surface area contributed by atoms with Crippen molar-refractivity contribution >= 4 is 15.9 Å². The summed E-state index contributed by atoms with van der Waals surface area (Å²) in [6.45, 7) is 6.81. The molecule has 0 unspecified atom stereocenters. The van der Waals surface area contributed by atoms with Crippen LogP contribution in [0.3, 0.4) is 0 Å². The van der Waals surface area contributed by atoms with Crippen LogP contribution in [0.5, 0.6) is 5.88 Å². The van der Waals surface area contributed by atoms with E-state index in [1.54, 1.807) is 4.68 Å². The van der Waals surface area contributed by atoms with E-state index in [-0.39, 0.29) is 5.91 Å². The van der Waals surface area contributed by atoms with Crippen LogP contribution in [0.2, 0.25) is 0 Å². The van der Waals surface area contributed by atoms with Gasteiger partial charge in [-0.25, -0.2) is 13.1 Å². The second-order valence-electron chi connectivity index (χ2n) is 6.46. The fraction of sp³-hybridized carbons (Fsp3) is 0.733. The molecular weight excluding hydrogens is 346 g/mol. The van der Waals surface area contributed by atoms with Gasteiger partial charge < -0.3 is 10.1 Å². The summed E-state index contributed by atoms with van der Waals surface area (Å²) in [4.78, 5) is 14.5. The highest BCUT2D eigenvalue weighted by molar-refractivity contribution is 7.88. The van der Waals surface area contributed by atoms with E-state index < -0.39 is 10.0 Å². The van der Waals surface area contributed by atoms with Gasteiger partial charge in [-0.2, -0.15) is 9.40 Å². The second kappa shape index (κ2) is 7.30. The van der Waals surface area contributed by atoms with E-state index in [1.165, 1.54) is 10.6 Å². The molecule has 9 nitrogen and oxygen atoms in total. The molecule has 10 heteroatoms. The topological polar surface area (TPSA) is 96.8 Å². The number of sulfonamides is 1. The van der Waals surface area contributed by atoms with E-state index >= 15 is 0 Å². The number of aryl methyl sites for hydroxylation is 1. The van der Waals surface area contributed by atoms with Gasteiger partial charge >= 0.3 is 0 Å². The molecule has 3 heterocycles. The van der Waals surface area contributed by atoms with Crippen molar-refractivity contribution in [1.29, 1.82) is 0 Å². The smallest absolute Gasteiger partial charge is 0.272 e. The van der Waals surface area contributed by atoms with E-state index in [0.29, 0.717) is 57.4 Å². The summed E-state index contributed by atoms with van der Waals surface area (Å²) in [6.07, 6.45) is 2.13. The summed E-state index contributed by atoms with van der Waals surface area (Å²) in [5.74, 6) is 0.492. The predicted molar refractivity (Wildman–Crippen MR) is 92.3 cm³/mol. The van der Waals surface area contributed by atoms with Gasteiger partial charge in [0.2, 0.25) is 15.9 Å². The molecule has 1 aromatic rings. The van der Waals surface area contributed by atoms with Crippen LogP contribution in [0.15, 0.2) is 0 Å². The minimum absolute atomic E-state index is 0.197. The van der Waals surface area contributed by atoms with Gasteiger partial charge in [-0.05, 0) is 6.92 Å². The van der Waals surface area contributed by atoms with Crippen LogP contribution in [0.1, 0.15) is 22.5 Å². The summed E-state index contributed by atoms with van der Waals surface area (Å²) in [7, 11) is -3.11. The highest BCUT2D eigenvalue weighted by atomic mass is 32.2. The van der Waals surface area contributed by atoms with Crippen molar-refractivity contribution in [2.75, 3.05) is 52.1 Å². The molecule has 0 bridgehead atoms. The number of carbonyl (C=O) groups excluding carboxylic acids is 1. The van der Waals surface area contributed by atoms with Crippen LogP contribution in [-0.4, -0.2) is 85.4 Å². The Morgan fingerprint density at radius 1 is 1.24 bits per heavy atom. The third-order valence-corrected chi connectivity index (χ3v) is 5.92. The number of hydrogen-bond acceptors (Lipinski definition) is 6. The predicted octanol–water partition coefficient (Wildman–Crippen LogP) is -0.719. The van der Waals surface area contributed by atoms with Gasteiger partial charge in [0.1, 0.15) is 0 Å². The Labute approximate surface area is 148 Å². The summed E-state index contributed by atoms with van der Waals surface area (Å²) >= 11 is 0. The Bertz CT molecular complexity index is 737. The second-order valence-corrected chi connectivity index (χ2v) is 8.45. The van der Waals surface area contributed by atoms with Gasteiger partial charge in [-0.3, -0.25) is 9.69 Å². The molecule has 25 heavy (non-hydrogen) atoms. The van der Waals surface area contributed by atoms with Crippen LogP contribution >= 0.6 is 0 Å². The fourth-order valence-electron chi connectivity index (χ4n) is 3.17. The maximum Gasteiger partial charge on any atom is 0.272 e. The minimum Gasteiger partial charge on any atom is -0.478 e. The molecule has 0 atom stereocenters. The number of nitrogens with zero attached hydrogens (tertiary/aromatic N) is 4. The zero-order chi connectivity index (χ0) is 18.0. The molecule has 0 aromatic carbocycles. The summed E-state index contributed by atoms with van der Waals surface area (Å²) in [5.41, 5.74) is 1.19. The number of carbonyl (C=O) groups is 1. The molecule has 0 spiro atoms. The minimum atomic E-state index is -3.11. The zero-order valence-electron chi connectivity index (χ0n) is 14.7. The largest absolute Gasteiger partial charge is 0.478 e. The number of aromatic nitrogens is 2. The standard InChI is InChI=1S/C15H25N5O4S/c1-12-13(17-20-5-3-11-24-15(12)20)14(21)16-4-6-18-7-9-19(10-8-18)25(2,22)23/h3-11H2,1-2H3,(H,16,21). The molecule has 0 saturated carbocycles. The third-order valence-electron chi connectivity index (χ3n) is 4.61. The molecule has 1 N–H and O–H groups in total. The van der Waals surface area contributed by atoms with Gasteiger partial charge in [-0.15, -0.1) is 0 Å². The number of ether oxygens (including phenoxy) is 1. The highest BCUT2D eigenvalue weighted by Gasteiger charge is 2.25. The summed E-state index contributed by atoms with van der Waals surface area (Å²) in [6, 6.07) is 0. The molecule has 140 valence electrons. The average molecular weight is 371 g/mol. The zero-order valence-corrected chi connectivity index (χ0v) is 15.5. The summed E-state index contributed by atoms with van der Waals surface area (Å²) in [5, 5.41) is 7.24. The Morgan fingerprint density at radius 2 is 1.96 bits per heavy atom. The van der Waals surface area contributed by atoms with Gasteiger partial charge in [0.25, 0.3) is 5.91 Å². The lowest BCUT2D eigenvalue weighted by molar-refractivity contribution is 0.0938. The maximum atomic E-state index is 12.4. The molecule has 1 fully saturated rings. The molecule has 1 saturated heterocycles. The van der Waals surface area contributed by atoms with Crippen LogP contribution in [0, 0.1) is 6.92 Å². The quantitative estimate of drug-likeness (QED) is 0.734. The van der Waals surface area contributed by atoms with Crippen molar-refractivity contribution in [2.45, 2.75) is 19.9 Å². The lowest BCUT2D eigenvalue weighted by Gasteiger charge is -2.33. The molecule has 1 amide bonds. The number of fused-ring (bicyclic) bond motifs is 1. The monoisotopic (exact) mass is 371 g/mol. The molecular formula is C15H25N5O4S. The van der Waals surface area contributed by atoms with Crippen molar-refractivity contribution in [3.63, 3.8) is 0 Å². The number of amides is 1. The van der Waals surface area contributed by atoms with Crippen LogP contribution in [0.25, 0.3) is 0 Å². The molecule has 2 aliphatic rings. The van der Waals surface area contributed by atoms with Crippen LogP contribution < -0.4 is 10.1 Å². The number of piperazine rings is 1. The molecule has 0 radical (unpaired) electrons. The molecule has 0 aliphatic carbocycles.